The van der Waals surface area contributed by atoms with Gasteiger partial charge in [0.15, 0.2) is 0 Å². The van der Waals surface area contributed by atoms with Gasteiger partial charge in [-0.25, -0.2) is 13.1 Å². The van der Waals surface area contributed by atoms with Crippen molar-refractivity contribution in [1.82, 2.24) is 9.71 Å². The van der Waals surface area contributed by atoms with Gasteiger partial charge in [0, 0.05) is 24.1 Å². The maximum absolute atomic E-state index is 12.4. The van der Waals surface area contributed by atoms with Crippen molar-refractivity contribution >= 4 is 15.7 Å². The average molecular weight is 305 g/mol. The highest BCUT2D eigenvalue weighted by Crippen LogP contribution is 2.21. The van der Waals surface area contributed by atoms with Crippen molar-refractivity contribution in [1.29, 1.82) is 0 Å². The summed E-state index contributed by atoms with van der Waals surface area (Å²) in [6.07, 6.45) is 4.04. The first kappa shape index (κ1) is 15.5. The van der Waals surface area contributed by atoms with Crippen molar-refractivity contribution in [2.75, 3.05) is 5.73 Å². The molecule has 0 aliphatic rings. The molecule has 112 valence electrons. The SMILES string of the molecule is CCc1ccc(S(=O)(=O)NC(C)c2ccncc2)cc1N. The van der Waals surface area contributed by atoms with Crippen molar-refractivity contribution in [2.45, 2.75) is 31.2 Å². The van der Waals surface area contributed by atoms with Crippen molar-refractivity contribution in [3.05, 3.63) is 53.9 Å². The van der Waals surface area contributed by atoms with E-state index in [1.165, 1.54) is 6.07 Å². The van der Waals surface area contributed by atoms with Crippen molar-refractivity contribution in [3.63, 3.8) is 0 Å². The van der Waals surface area contributed by atoms with Crippen LogP contribution in [-0.4, -0.2) is 13.4 Å². The molecule has 0 spiro atoms. The second-order valence-electron chi connectivity index (χ2n) is 4.84. The van der Waals surface area contributed by atoms with E-state index < -0.39 is 10.0 Å². The third-order valence-electron chi connectivity index (χ3n) is 3.35. The van der Waals surface area contributed by atoms with E-state index in [1.807, 2.05) is 6.92 Å². The van der Waals surface area contributed by atoms with Crippen LogP contribution in [0.15, 0.2) is 47.6 Å². The topological polar surface area (TPSA) is 85.1 Å². The van der Waals surface area contributed by atoms with E-state index in [0.717, 1.165) is 17.5 Å². The Balaban J connectivity index is 2.24. The summed E-state index contributed by atoms with van der Waals surface area (Å²) in [6, 6.07) is 8.05. The molecule has 2 rings (SSSR count). The van der Waals surface area contributed by atoms with Crippen LogP contribution in [0.2, 0.25) is 0 Å². The first-order chi connectivity index (χ1) is 9.94. The Labute approximate surface area is 125 Å². The molecule has 1 aromatic carbocycles. The maximum atomic E-state index is 12.4. The van der Waals surface area contributed by atoms with E-state index in [2.05, 4.69) is 9.71 Å². The van der Waals surface area contributed by atoms with Crippen LogP contribution >= 0.6 is 0 Å². The molecule has 0 fully saturated rings. The predicted octanol–water partition coefficient (Wildman–Crippen LogP) is 2.27. The minimum atomic E-state index is -3.61. The van der Waals surface area contributed by atoms with Gasteiger partial charge in [-0.1, -0.05) is 13.0 Å². The van der Waals surface area contributed by atoms with E-state index in [9.17, 15) is 8.42 Å². The van der Waals surface area contributed by atoms with Gasteiger partial charge in [0.2, 0.25) is 10.0 Å². The molecule has 0 aliphatic carbocycles. The Bertz CT molecular complexity index is 715. The van der Waals surface area contributed by atoms with Crippen LogP contribution in [0, 0.1) is 0 Å². The van der Waals surface area contributed by atoms with E-state index in [-0.39, 0.29) is 10.9 Å². The summed E-state index contributed by atoms with van der Waals surface area (Å²) >= 11 is 0. The molecule has 3 N–H and O–H groups in total. The fourth-order valence-electron chi connectivity index (χ4n) is 2.08. The van der Waals surface area contributed by atoms with Gasteiger partial charge in [0.1, 0.15) is 0 Å². The molecule has 0 aliphatic heterocycles. The highest BCUT2D eigenvalue weighted by atomic mass is 32.2. The van der Waals surface area contributed by atoms with Crippen molar-refractivity contribution < 1.29 is 8.42 Å². The molecule has 5 nitrogen and oxygen atoms in total. The molecule has 1 unspecified atom stereocenters. The van der Waals surface area contributed by atoms with Crippen LogP contribution in [-0.2, 0) is 16.4 Å². The van der Waals surface area contributed by atoms with E-state index in [1.54, 1.807) is 43.6 Å². The van der Waals surface area contributed by atoms with Crippen LogP contribution in [0.4, 0.5) is 5.69 Å². The molecule has 0 amide bonds. The average Bonchev–Trinajstić information content (AvgIpc) is 2.47. The monoisotopic (exact) mass is 305 g/mol. The zero-order chi connectivity index (χ0) is 15.5. The standard InChI is InChI=1S/C15H19N3O2S/c1-3-12-4-5-14(10-15(12)16)21(19,20)18-11(2)13-6-8-17-9-7-13/h4-11,18H,3,16H2,1-2H3. The summed E-state index contributed by atoms with van der Waals surface area (Å²) in [5.74, 6) is 0. The largest absolute Gasteiger partial charge is 0.398 e. The van der Waals surface area contributed by atoms with E-state index >= 15 is 0 Å². The molecule has 6 heteroatoms. The number of anilines is 1. The number of sulfonamides is 1. The Morgan fingerprint density at radius 3 is 2.48 bits per heavy atom. The van der Waals surface area contributed by atoms with Crippen LogP contribution in [0.25, 0.3) is 0 Å². The van der Waals surface area contributed by atoms with Gasteiger partial charge in [-0.15, -0.1) is 0 Å². The van der Waals surface area contributed by atoms with E-state index in [4.69, 9.17) is 5.73 Å². The Morgan fingerprint density at radius 2 is 1.90 bits per heavy atom. The maximum Gasteiger partial charge on any atom is 0.241 e. The number of hydrogen-bond acceptors (Lipinski definition) is 4. The first-order valence-corrected chi connectivity index (χ1v) is 8.23. The molecular weight excluding hydrogens is 286 g/mol. The normalized spacial score (nSPS) is 13.0. The quantitative estimate of drug-likeness (QED) is 0.830. The number of aromatic nitrogens is 1. The smallest absolute Gasteiger partial charge is 0.241 e. The lowest BCUT2D eigenvalue weighted by Crippen LogP contribution is -2.27. The number of rotatable bonds is 5. The number of nitrogens with one attached hydrogen (secondary N) is 1. The Hall–Kier alpha value is -1.92. The molecular formula is C15H19N3O2S. The molecule has 2 aromatic rings. The predicted molar refractivity (Wildman–Crippen MR) is 83.2 cm³/mol. The summed E-state index contributed by atoms with van der Waals surface area (Å²) < 4.78 is 27.4. The highest BCUT2D eigenvalue weighted by molar-refractivity contribution is 7.89. The van der Waals surface area contributed by atoms with Crippen LogP contribution in [0.3, 0.4) is 0 Å². The lowest BCUT2D eigenvalue weighted by Gasteiger charge is -2.15. The number of pyridine rings is 1. The molecule has 0 saturated carbocycles. The van der Waals surface area contributed by atoms with E-state index in [0.29, 0.717) is 5.69 Å². The van der Waals surface area contributed by atoms with Gasteiger partial charge in [-0.05, 0) is 48.7 Å². The summed E-state index contributed by atoms with van der Waals surface area (Å²) in [5.41, 5.74) is 8.16. The summed E-state index contributed by atoms with van der Waals surface area (Å²) in [5, 5.41) is 0. The minimum absolute atomic E-state index is 0.179. The van der Waals surface area contributed by atoms with Crippen LogP contribution in [0.5, 0.6) is 0 Å². The number of nitrogen functional groups attached to an aromatic ring is 1. The van der Waals surface area contributed by atoms with Gasteiger partial charge < -0.3 is 5.73 Å². The molecule has 1 heterocycles. The molecule has 1 aromatic heterocycles. The lowest BCUT2D eigenvalue weighted by molar-refractivity contribution is 0.567. The summed E-state index contributed by atoms with van der Waals surface area (Å²) in [4.78, 5) is 4.10. The zero-order valence-electron chi connectivity index (χ0n) is 12.1. The minimum Gasteiger partial charge on any atom is -0.398 e. The number of benzene rings is 1. The first-order valence-electron chi connectivity index (χ1n) is 6.74. The number of nitrogens with zero attached hydrogens (tertiary/aromatic N) is 1. The number of hydrogen-bond donors (Lipinski definition) is 2. The third-order valence-corrected chi connectivity index (χ3v) is 4.88. The second-order valence-corrected chi connectivity index (χ2v) is 6.55. The van der Waals surface area contributed by atoms with Crippen LogP contribution in [0.1, 0.15) is 31.0 Å². The third kappa shape index (κ3) is 3.59. The fraction of sp³-hybridized carbons (Fsp3) is 0.267. The summed E-state index contributed by atoms with van der Waals surface area (Å²) in [6.45, 7) is 3.76. The van der Waals surface area contributed by atoms with Crippen molar-refractivity contribution in [2.24, 2.45) is 0 Å². The fourth-order valence-corrected chi connectivity index (χ4v) is 3.35. The Morgan fingerprint density at radius 1 is 1.24 bits per heavy atom. The van der Waals surface area contributed by atoms with Gasteiger partial charge in [0.25, 0.3) is 0 Å². The summed E-state index contributed by atoms with van der Waals surface area (Å²) in [7, 11) is -3.61. The molecule has 0 radical (unpaired) electrons. The van der Waals surface area contributed by atoms with Crippen molar-refractivity contribution in [3.8, 4) is 0 Å². The lowest BCUT2D eigenvalue weighted by atomic mass is 10.1. The Kier molecular flexibility index (Phi) is 4.59. The van der Waals surface area contributed by atoms with Gasteiger partial charge >= 0.3 is 0 Å². The van der Waals surface area contributed by atoms with Crippen LogP contribution < -0.4 is 10.5 Å². The molecule has 21 heavy (non-hydrogen) atoms. The second kappa shape index (κ2) is 6.24. The molecule has 0 saturated heterocycles. The number of aryl methyl sites for hydroxylation is 1. The zero-order valence-corrected chi connectivity index (χ0v) is 12.9. The molecule has 0 bridgehead atoms. The molecule has 1 atom stereocenters. The van der Waals surface area contributed by atoms with Gasteiger partial charge in [-0.3, -0.25) is 4.98 Å². The highest BCUT2D eigenvalue weighted by Gasteiger charge is 2.19. The number of nitrogens with two attached hydrogens (primary N) is 1. The van der Waals surface area contributed by atoms with Gasteiger partial charge in [0.05, 0.1) is 4.90 Å². The van der Waals surface area contributed by atoms with Gasteiger partial charge in [-0.2, -0.15) is 0 Å².